The molecule has 0 saturated heterocycles. The number of carbonyl (C=O) groups excluding carboxylic acids is 3. The Bertz CT molecular complexity index is 1250. The van der Waals surface area contributed by atoms with Gasteiger partial charge in [0.2, 0.25) is 0 Å². The molecule has 6 nitrogen and oxygen atoms in total. The van der Waals surface area contributed by atoms with Crippen molar-refractivity contribution < 1.29 is 28.6 Å². The SMILES string of the molecule is CC/C=C\C/C=C\C/C=C\C/C=C\C/C=C\CCCCCCCCCCCC(=O)OCC(COC(=O)CCCCCCC)OC(=O)CCCCCCC/C=C\C/C=C\CCCCCC. The number of esters is 3. The van der Waals surface area contributed by atoms with Crippen molar-refractivity contribution in [3.8, 4) is 0 Å². The fourth-order valence-corrected chi connectivity index (χ4v) is 7.15. The maximum Gasteiger partial charge on any atom is 0.306 e. The number of allylic oxidation sites excluding steroid dienone is 14. The van der Waals surface area contributed by atoms with Gasteiger partial charge in [-0.3, -0.25) is 14.4 Å². The molecule has 0 heterocycles. The lowest BCUT2D eigenvalue weighted by Gasteiger charge is -2.18. The molecule has 0 aromatic heterocycles. The van der Waals surface area contributed by atoms with Crippen LogP contribution < -0.4 is 0 Å². The van der Waals surface area contributed by atoms with Gasteiger partial charge in [-0.2, -0.15) is 0 Å². The molecule has 0 amide bonds. The third-order valence-corrected chi connectivity index (χ3v) is 11.1. The summed E-state index contributed by atoms with van der Waals surface area (Å²) in [7, 11) is 0. The zero-order chi connectivity index (χ0) is 46.5. The van der Waals surface area contributed by atoms with Gasteiger partial charge < -0.3 is 14.2 Å². The first-order valence-electron chi connectivity index (χ1n) is 26.6. The molecular weight excluding hydrogens is 793 g/mol. The minimum Gasteiger partial charge on any atom is -0.462 e. The first kappa shape index (κ1) is 60.6. The second kappa shape index (κ2) is 52.2. The highest BCUT2D eigenvalue weighted by atomic mass is 16.6. The lowest BCUT2D eigenvalue weighted by atomic mass is 10.1. The zero-order valence-corrected chi connectivity index (χ0v) is 41.8. The Kier molecular flexibility index (Phi) is 49.4. The highest BCUT2D eigenvalue weighted by molar-refractivity contribution is 5.71. The predicted molar refractivity (Wildman–Crippen MR) is 274 cm³/mol. The van der Waals surface area contributed by atoms with E-state index in [0.29, 0.717) is 19.3 Å². The predicted octanol–water partition coefficient (Wildman–Crippen LogP) is 17.6. The van der Waals surface area contributed by atoms with Gasteiger partial charge in [0.1, 0.15) is 13.2 Å². The summed E-state index contributed by atoms with van der Waals surface area (Å²) < 4.78 is 16.7. The van der Waals surface area contributed by atoms with Crippen LogP contribution in [0.1, 0.15) is 245 Å². The number of hydrogen-bond acceptors (Lipinski definition) is 6. The van der Waals surface area contributed by atoms with Crippen LogP contribution in [0.3, 0.4) is 0 Å². The number of rotatable bonds is 47. The average Bonchev–Trinajstić information content (AvgIpc) is 3.29. The standard InChI is InChI=1S/C58H98O6/c1-4-7-10-13-15-17-19-21-23-25-26-27-28-29-30-31-32-33-35-36-38-40-42-45-48-51-57(60)63-54-55(53-62-56(59)50-47-44-12-9-6-3)64-58(61)52-49-46-43-41-39-37-34-24-22-20-18-16-14-11-8-5-2/h7,10,15,17-18,20-21,23-24,26-27,29-30,34,55H,4-6,8-9,11-14,16,19,22,25,28,31-33,35-54H2,1-3H3/b10-7-,17-15-,20-18-,23-21-,27-26-,30-29-,34-24-. The van der Waals surface area contributed by atoms with Crippen molar-refractivity contribution in [2.24, 2.45) is 0 Å². The van der Waals surface area contributed by atoms with E-state index >= 15 is 0 Å². The van der Waals surface area contributed by atoms with Crippen molar-refractivity contribution in [2.75, 3.05) is 13.2 Å². The molecule has 1 atom stereocenters. The van der Waals surface area contributed by atoms with Gasteiger partial charge in [0.15, 0.2) is 6.10 Å². The Morgan fingerprint density at radius 3 is 0.969 bits per heavy atom. The summed E-state index contributed by atoms with van der Waals surface area (Å²) in [4.78, 5) is 37.7. The van der Waals surface area contributed by atoms with Crippen molar-refractivity contribution in [3.05, 3.63) is 85.1 Å². The molecule has 1 unspecified atom stereocenters. The molecule has 0 bridgehead atoms. The molecule has 0 N–H and O–H groups in total. The van der Waals surface area contributed by atoms with Gasteiger partial charge in [0.25, 0.3) is 0 Å². The largest absolute Gasteiger partial charge is 0.462 e. The Morgan fingerprint density at radius 2 is 0.609 bits per heavy atom. The molecule has 0 aliphatic heterocycles. The molecule has 0 spiro atoms. The first-order chi connectivity index (χ1) is 31.5. The van der Waals surface area contributed by atoms with E-state index in [-0.39, 0.29) is 31.1 Å². The number of unbranched alkanes of at least 4 members (excludes halogenated alkanes) is 22. The molecule has 0 aromatic carbocycles. The van der Waals surface area contributed by atoms with Gasteiger partial charge in [-0.1, -0.05) is 215 Å². The van der Waals surface area contributed by atoms with Crippen molar-refractivity contribution >= 4 is 17.9 Å². The van der Waals surface area contributed by atoms with E-state index in [1.807, 2.05) is 0 Å². The molecule has 0 radical (unpaired) electrons. The van der Waals surface area contributed by atoms with Gasteiger partial charge in [-0.05, 0) is 96.3 Å². The Hall–Kier alpha value is -3.41. The summed E-state index contributed by atoms with van der Waals surface area (Å²) in [6.07, 6.45) is 67.5. The minimum atomic E-state index is -0.782. The molecule has 6 heteroatoms. The van der Waals surface area contributed by atoms with Gasteiger partial charge in [-0.15, -0.1) is 0 Å². The molecule has 0 aliphatic carbocycles. The van der Waals surface area contributed by atoms with Gasteiger partial charge in [-0.25, -0.2) is 0 Å². The van der Waals surface area contributed by atoms with Gasteiger partial charge in [0.05, 0.1) is 0 Å². The number of hydrogen-bond donors (Lipinski definition) is 0. The molecule has 0 aromatic rings. The molecule has 64 heavy (non-hydrogen) atoms. The Morgan fingerprint density at radius 1 is 0.328 bits per heavy atom. The second-order valence-corrected chi connectivity index (χ2v) is 17.4. The molecule has 0 fully saturated rings. The molecule has 0 aliphatic rings. The van der Waals surface area contributed by atoms with Crippen LogP contribution >= 0.6 is 0 Å². The molecule has 0 saturated carbocycles. The monoisotopic (exact) mass is 891 g/mol. The van der Waals surface area contributed by atoms with Crippen LogP contribution in [0.5, 0.6) is 0 Å². The van der Waals surface area contributed by atoms with Crippen LogP contribution in [0.4, 0.5) is 0 Å². The van der Waals surface area contributed by atoms with Gasteiger partial charge in [0, 0.05) is 19.3 Å². The van der Waals surface area contributed by atoms with E-state index in [2.05, 4.69) is 106 Å². The summed E-state index contributed by atoms with van der Waals surface area (Å²) >= 11 is 0. The number of ether oxygens (including phenoxy) is 3. The van der Waals surface area contributed by atoms with Crippen molar-refractivity contribution in [1.29, 1.82) is 0 Å². The summed E-state index contributed by atoms with van der Waals surface area (Å²) in [6, 6.07) is 0. The van der Waals surface area contributed by atoms with Crippen LogP contribution in [0.15, 0.2) is 85.1 Å². The van der Waals surface area contributed by atoms with Crippen LogP contribution in [0.2, 0.25) is 0 Å². The van der Waals surface area contributed by atoms with Crippen molar-refractivity contribution in [3.63, 3.8) is 0 Å². The fraction of sp³-hybridized carbons (Fsp3) is 0.707. The van der Waals surface area contributed by atoms with E-state index in [1.165, 1.54) is 77.0 Å². The Balaban J connectivity index is 4.15. The second-order valence-electron chi connectivity index (χ2n) is 17.4. The van der Waals surface area contributed by atoms with Crippen LogP contribution in [-0.2, 0) is 28.6 Å². The number of carbonyl (C=O) groups is 3. The first-order valence-corrected chi connectivity index (χ1v) is 26.6. The maximum atomic E-state index is 12.7. The summed E-state index contributed by atoms with van der Waals surface area (Å²) in [6.45, 7) is 6.40. The maximum absolute atomic E-state index is 12.7. The van der Waals surface area contributed by atoms with Gasteiger partial charge >= 0.3 is 17.9 Å². The van der Waals surface area contributed by atoms with E-state index in [0.717, 1.165) is 128 Å². The van der Waals surface area contributed by atoms with Crippen molar-refractivity contribution in [2.45, 2.75) is 252 Å². The lowest BCUT2D eigenvalue weighted by Crippen LogP contribution is -2.30. The van der Waals surface area contributed by atoms with Crippen LogP contribution in [-0.4, -0.2) is 37.2 Å². The molecular formula is C58H98O6. The summed E-state index contributed by atoms with van der Waals surface area (Å²) in [5.74, 6) is -0.919. The zero-order valence-electron chi connectivity index (χ0n) is 41.8. The minimum absolute atomic E-state index is 0.0849. The smallest absolute Gasteiger partial charge is 0.306 e. The van der Waals surface area contributed by atoms with E-state index in [1.54, 1.807) is 0 Å². The van der Waals surface area contributed by atoms with E-state index in [9.17, 15) is 14.4 Å². The fourth-order valence-electron chi connectivity index (χ4n) is 7.15. The third-order valence-electron chi connectivity index (χ3n) is 11.1. The summed E-state index contributed by atoms with van der Waals surface area (Å²) in [5, 5.41) is 0. The third kappa shape index (κ3) is 49.6. The van der Waals surface area contributed by atoms with E-state index < -0.39 is 6.10 Å². The highest BCUT2D eigenvalue weighted by Crippen LogP contribution is 2.14. The van der Waals surface area contributed by atoms with E-state index in [4.69, 9.17) is 14.2 Å². The topological polar surface area (TPSA) is 78.9 Å². The molecule has 0 rings (SSSR count). The summed E-state index contributed by atoms with van der Waals surface area (Å²) in [5.41, 5.74) is 0. The van der Waals surface area contributed by atoms with Crippen molar-refractivity contribution in [1.82, 2.24) is 0 Å². The lowest BCUT2D eigenvalue weighted by molar-refractivity contribution is -0.167. The average molecular weight is 891 g/mol. The highest BCUT2D eigenvalue weighted by Gasteiger charge is 2.19. The Labute approximate surface area is 395 Å². The molecule has 366 valence electrons. The van der Waals surface area contributed by atoms with Crippen LogP contribution in [0.25, 0.3) is 0 Å². The van der Waals surface area contributed by atoms with Crippen LogP contribution in [0, 0.1) is 0 Å². The normalized spacial score (nSPS) is 12.7. The quantitative estimate of drug-likeness (QED) is 0.0262.